The molecule has 1 N–H and O–H groups in total. The van der Waals surface area contributed by atoms with Crippen LogP contribution in [0.3, 0.4) is 0 Å². The Kier molecular flexibility index (Phi) is 4.26. The van der Waals surface area contributed by atoms with Gasteiger partial charge in [0.2, 0.25) is 0 Å². The van der Waals surface area contributed by atoms with E-state index >= 15 is 0 Å². The molecular weight excluding hydrogens is 214 g/mol. The van der Waals surface area contributed by atoms with Gasteiger partial charge < -0.3 is 14.8 Å². The van der Waals surface area contributed by atoms with Crippen LogP contribution in [0.4, 0.5) is 5.69 Å². The fraction of sp³-hybridized carbons (Fsp3) is 0.571. The number of benzene rings is 1. The Labute approximate surface area is 103 Å². The molecule has 1 aromatic carbocycles. The first-order chi connectivity index (χ1) is 8.28. The highest BCUT2D eigenvalue weighted by Crippen LogP contribution is 2.20. The Morgan fingerprint density at radius 1 is 1.29 bits per heavy atom. The lowest BCUT2D eigenvalue weighted by atomic mass is 10.0. The zero-order chi connectivity index (χ0) is 12.1. The Hall–Kier alpha value is -1.22. The summed E-state index contributed by atoms with van der Waals surface area (Å²) in [5.41, 5.74) is 1.14. The van der Waals surface area contributed by atoms with E-state index in [1.807, 2.05) is 19.1 Å². The van der Waals surface area contributed by atoms with Gasteiger partial charge in [-0.2, -0.15) is 0 Å². The summed E-state index contributed by atoms with van der Waals surface area (Å²) in [5, 5.41) is 3.50. The fourth-order valence-electron chi connectivity index (χ4n) is 2.18. The highest BCUT2D eigenvalue weighted by molar-refractivity contribution is 5.47. The SMILES string of the molecule is CCOc1ccc(N[C@@H]2COC[C@H](C)C2)cc1. The van der Waals surface area contributed by atoms with E-state index in [0.717, 1.165) is 24.7 Å². The molecule has 0 aliphatic carbocycles. The molecule has 0 saturated carbocycles. The zero-order valence-corrected chi connectivity index (χ0v) is 10.6. The van der Waals surface area contributed by atoms with Crippen molar-refractivity contribution in [3.05, 3.63) is 24.3 Å². The monoisotopic (exact) mass is 235 g/mol. The van der Waals surface area contributed by atoms with Gasteiger partial charge in [0.25, 0.3) is 0 Å². The van der Waals surface area contributed by atoms with E-state index in [1.165, 1.54) is 6.42 Å². The van der Waals surface area contributed by atoms with Crippen molar-refractivity contribution in [2.24, 2.45) is 5.92 Å². The molecule has 0 bridgehead atoms. The van der Waals surface area contributed by atoms with Crippen LogP contribution in [-0.4, -0.2) is 25.9 Å². The van der Waals surface area contributed by atoms with Gasteiger partial charge in [-0.3, -0.25) is 0 Å². The molecule has 0 radical (unpaired) electrons. The molecule has 1 heterocycles. The van der Waals surface area contributed by atoms with Crippen molar-refractivity contribution in [1.82, 2.24) is 0 Å². The first-order valence-electron chi connectivity index (χ1n) is 6.35. The minimum absolute atomic E-state index is 0.427. The van der Waals surface area contributed by atoms with E-state index in [0.29, 0.717) is 18.6 Å². The second-order valence-electron chi connectivity index (χ2n) is 4.68. The maximum Gasteiger partial charge on any atom is 0.119 e. The quantitative estimate of drug-likeness (QED) is 0.870. The average Bonchev–Trinajstić information content (AvgIpc) is 2.32. The maximum atomic E-state index is 5.54. The summed E-state index contributed by atoms with van der Waals surface area (Å²) in [6, 6.07) is 8.54. The predicted molar refractivity (Wildman–Crippen MR) is 69.6 cm³/mol. The number of nitrogens with one attached hydrogen (secondary N) is 1. The Balaban J connectivity index is 1.89. The highest BCUT2D eigenvalue weighted by atomic mass is 16.5. The van der Waals surface area contributed by atoms with Crippen LogP contribution in [0, 0.1) is 5.92 Å². The molecule has 1 aliphatic rings. The van der Waals surface area contributed by atoms with Crippen LogP contribution < -0.4 is 10.1 Å². The minimum atomic E-state index is 0.427. The number of anilines is 1. The molecule has 1 aromatic rings. The number of ether oxygens (including phenoxy) is 2. The highest BCUT2D eigenvalue weighted by Gasteiger charge is 2.18. The van der Waals surface area contributed by atoms with Crippen molar-refractivity contribution in [2.45, 2.75) is 26.3 Å². The summed E-state index contributed by atoms with van der Waals surface area (Å²) in [6.07, 6.45) is 1.17. The summed E-state index contributed by atoms with van der Waals surface area (Å²) in [4.78, 5) is 0. The van der Waals surface area contributed by atoms with Crippen LogP contribution in [0.1, 0.15) is 20.3 Å². The van der Waals surface area contributed by atoms with Crippen molar-refractivity contribution in [1.29, 1.82) is 0 Å². The van der Waals surface area contributed by atoms with E-state index in [2.05, 4.69) is 24.4 Å². The second kappa shape index (κ2) is 5.92. The molecular formula is C14H21NO2. The Bertz CT molecular complexity index is 337. The normalized spacial score (nSPS) is 24.4. The van der Waals surface area contributed by atoms with Gasteiger partial charge in [-0.15, -0.1) is 0 Å². The molecule has 2 atom stereocenters. The van der Waals surface area contributed by atoms with E-state index in [1.54, 1.807) is 0 Å². The number of rotatable bonds is 4. The van der Waals surface area contributed by atoms with Gasteiger partial charge in [0.1, 0.15) is 5.75 Å². The van der Waals surface area contributed by atoms with Crippen LogP contribution in [0.25, 0.3) is 0 Å². The lowest BCUT2D eigenvalue weighted by molar-refractivity contribution is 0.0528. The van der Waals surface area contributed by atoms with Crippen LogP contribution >= 0.6 is 0 Å². The van der Waals surface area contributed by atoms with Gasteiger partial charge in [0.15, 0.2) is 0 Å². The molecule has 1 aliphatic heterocycles. The topological polar surface area (TPSA) is 30.5 Å². The van der Waals surface area contributed by atoms with Gasteiger partial charge in [-0.1, -0.05) is 6.92 Å². The smallest absolute Gasteiger partial charge is 0.119 e. The summed E-state index contributed by atoms with van der Waals surface area (Å²) >= 11 is 0. The van der Waals surface area contributed by atoms with Crippen LogP contribution in [-0.2, 0) is 4.74 Å². The molecule has 2 rings (SSSR count). The van der Waals surface area contributed by atoms with Crippen LogP contribution in [0.5, 0.6) is 5.75 Å². The minimum Gasteiger partial charge on any atom is -0.494 e. The van der Waals surface area contributed by atoms with Crippen LogP contribution in [0.15, 0.2) is 24.3 Å². The molecule has 17 heavy (non-hydrogen) atoms. The third-order valence-corrected chi connectivity index (χ3v) is 2.94. The van der Waals surface area contributed by atoms with Crippen molar-refractivity contribution in [3.63, 3.8) is 0 Å². The predicted octanol–water partition coefficient (Wildman–Crippen LogP) is 2.92. The fourth-order valence-corrected chi connectivity index (χ4v) is 2.18. The molecule has 3 heteroatoms. The van der Waals surface area contributed by atoms with E-state index in [4.69, 9.17) is 9.47 Å². The first-order valence-corrected chi connectivity index (χ1v) is 6.35. The molecule has 0 aromatic heterocycles. The van der Waals surface area contributed by atoms with Crippen molar-refractivity contribution >= 4 is 5.69 Å². The van der Waals surface area contributed by atoms with Crippen LogP contribution in [0.2, 0.25) is 0 Å². The van der Waals surface area contributed by atoms with Gasteiger partial charge in [-0.05, 0) is 43.5 Å². The van der Waals surface area contributed by atoms with Crippen molar-refractivity contribution < 1.29 is 9.47 Å². The van der Waals surface area contributed by atoms with E-state index in [9.17, 15) is 0 Å². The lowest BCUT2D eigenvalue weighted by Gasteiger charge is -2.28. The Morgan fingerprint density at radius 3 is 2.71 bits per heavy atom. The third kappa shape index (κ3) is 3.63. The number of hydrogen-bond donors (Lipinski definition) is 1. The molecule has 0 unspecified atom stereocenters. The summed E-state index contributed by atoms with van der Waals surface area (Å²) in [5.74, 6) is 1.57. The standard InChI is InChI=1S/C14H21NO2/c1-3-17-14-6-4-12(5-7-14)15-13-8-11(2)9-16-10-13/h4-7,11,13,15H,3,8-10H2,1-2H3/t11-,13+/m1/s1. The van der Waals surface area contributed by atoms with Crippen molar-refractivity contribution in [3.8, 4) is 5.75 Å². The van der Waals surface area contributed by atoms with Gasteiger partial charge in [-0.25, -0.2) is 0 Å². The number of hydrogen-bond acceptors (Lipinski definition) is 3. The molecule has 0 spiro atoms. The Morgan fingerprint density at radius 2 is 2.06 bits per heavy atom. The van der Waals surface area contributed by atoms with Crippen molar-refractivity contribution in [2.75, 3.05) is 25.1 Å². The van der Waals surface area contributed by atoms with E-state index < -0.39 is 0 Å². The molecule has 94 valence electrons. The lowest BCUT2D eigenvalue weighted by Crippen LogP contribution is -2.34. The van der Waals surface area contributed by atoms with Gasteiger partial charge in [0.05, 0.1) is 13.2 Å². The van der Waals surface area contributed by atoms with Gasteiger partial charge in [0, 0.05) is 18.3 Å². The summed E-state index contributed by atoms with van der Waals surface area (Å²) in [7, 11) is 0. The second-order valence-corrected chi connectivity index (χ2v) is 4.68. The molecule has 3 nitrogen and oxygen atoms in total. The third-order valence-electron chi connectivity index (χ3n) is 2.94. The first kappa shape index (κ1) is 12.2. The molecule has 0 amide bonds. The zero-order valence-electron chi connectivity index (χ0n) is 10.6. The molecule has 1 saturated heterocycles. The largest absolute Gasteiger partial charge is 0.494 e. The summed E-state index contributed by atoms with van der Waals surface area (Å²) in [6.45, 7) is 6.62. The van der Waals surface area contributed by atoms with E-state index in [-0.39, 0.29) is 0 Å². The maximum absolute atomic E-state index is 5.54. The average molecular weight is 235 g/mol. The van der Waals surface area contributed by atoms with Gasteiger partial charge >= 0.3 is 0 Å². The summed E-state index contributed by atoms with van der Waals surface area (Å²) < 4.78 is 11.0. The molecule has 1 fully saturated rings.